The number of ether oxygens (including phenoxy) is 1. The minimum absolute atomic E-state index is 0.0729. The van der Waals surface area contributed by atoms with Crippen molar-refractivity contribution in [2.24, 2.45) is 0 Å². The fourth-order valence-corrected chi connectivity index (χ4v) is 3.63. The number of hydrogen-bond acceptors (Lipinski definition) is 6. The number of β-amino-alcohol motifs (C(OH)–C–C–N with tert-alkyl or cyclic N) is 2. The summed E-state index contributed by atoms with van der Waals surface area (Å²) in [4.78, 5) is -0.0729. The van der Waals surface area contributed by atoms with Crippen molar-refractivity contribution in [1.82, 2.24) is 4.31 Å². The molecule has 0 spiro atoms. The number of sulfonamides is 1. The normalized spacial score (nSPS) is 24.6. The lowest BCUT2D eigenvalue weighted by Gasteiger charge is -2.17. The smallest absolute Gasteiger partial charge is 0.247 e. The van der Waals surface area contributed by atoms with Crippen molar-refractivity contribution in [3.05, 3.63) is 18.2 Å². The van der Waals surface area contributed by atoms with Gasteiger partial charge in [0.2, 0.25) is 10.0 Å². The van der Waals surface area contributed by atoms with Crippen LogP contribution in [0.1, 0.15) is 0 Å². The molecular weight excluding hydrogens is 272 g/mol. The van der Waals surface area contributed by atoms with Crippen LogP contribution < -0.4 is 10.5 Å². The number of methoxy groups -OCH3 is 1. The maximum Gasteiger partial charge on any atom is 0.247 e. The van der Waals surface area contributed by atoms with Crippen molar-refractivity contribution in [2.75, 3.05) is 25.9 Å². The van der Waals surface area contributed by atoms with Gasteiger partial charge in [0.15, 0.2) is 0 Å². The topological polar surface area (TPSA) is 113 Å². The zero-order chi connectivity index (χ0) is 14.2. The van der Waals surface area contributed by atoms with Crippen molar-refractivity contribution >= 4 is 15.7 Å². The van der Waals surface area contributed by atoms with Crippen LogP contribution in [-0.2, 0) is 10.0 Å². The average Bonchev–Trinajstić information content (AvgIpc) is 2.70. The second kappa shape index (κ2) is 4.97. The van der Waals surface area contributed by atoms with E-state index in [0.717, 1.165) is 4.31 Å². The van der Waals surface area contributed by atoms with Gasteiger partial charge in [0.25, 0.3) is 0 Å². The van der Waals surface area contributed by atoms with Gasteiger partial charge in [0.05, 0.1) is 19.3 Å². The standard InChI is InChI=1S/C11H16N2O5S/c1-18-10-3-2-7(12)4-11(10)19(16,17)13-5-8(14)9(15)6-13/h2-4,8-9,14-15H,5-6,12H2,1H3. The molecular formula is C11H16N2O5S. The fourth-order valence-electron chi connectivity index (χ4n) is 1.97. The maximum atomic E-state index is 12.4. The zero-order valence-corrected chi connectivity index (χ0v) is 11.2. The van der Waals surface area contributed by atoms with E-state index in [1.807, 2.05) is 0 Å². The first kappa shape index (κ1) is 14.1. The van der Waals surface area contributed by atoms with E-state index >= 15 is 0 Å². The Balaban J connectivity index is 2.43. The lowest BCUT2D eigenvalue weighted by atomic mass is 10.3. The summed E-state index contributed by atoms with van der Waals surface area (Å²) in [6.45, 7) is -0.303. The van der Waals surface area contributed by atoms with E-state index in [4.69, 9.17) is 10.5 Å². The van der Waals surface area contributed by atoms with Gasteiger partial charge in [-0.25, -0.2) is 8.42 Å². The van der Waals surface area contributed by atoms with E-state index in [0.29, 0.717) is 5.69 Å². The van der Waals surface area contributed by atoms with Gasteiger partial charge in [-0.15, -0.1) is 0 Å². The number of hydrogen-bond donors (Lipinski definition) is 3. The second-order valence-corrected chi connectivity index (χ2v) is 6.27. The molecule has 19 heavy (non-hydrogen) atoms. The Bertz CT molecular complexity index is 564. The molecule has 0 saturated carbocycles. The molecule has 4 N–H and O–H groups in total. The Morgan fingerprint density at radius 3 is 2.42 bits per heavy atom. The van der Waals surface area contributed by atoms with Crippen LogP contribution in [0.4, 0.5) is 5.69 Å². The molecule has 2 unspecified atom stereocenters. The molecule has 2 atom stereocenters. The third-order valence-electron chi connectivity index (χ3n) is 3.03. The van der Waals surface area contributed by atoms with Crippen molar-refractivity contribution in [1.29, 1.82) is 0 Å². The van der Waals surface area contributed by atoms with Gasteiger partial charge >= 0.3 is 0 Å². The van der Waals surface area contributed by atoms with Gasteiger partial charge in [-0.05, 0) is 18.2 Å². The molecule has 1 aromatic rings. The predicted octanol–water partition coefficient (Wildman–Crippen LogP) is -0.997. The predicted molar refractivity (Wildman–Crippen MR) is 68.2 cm³/mol. The SMILES string of the molecule is COc1ccc(N)cc1S(=O)(=O)N1CC(O)C(O)C1. The van der Waals surface area contributed by atoms with Gasteiger partial charge in [-0.2, -0.15) is 4.31 Å². The Morgan fingerprint density at radius 2 is 1.89 bits per heavy atom. The second-order valence-electron chi connectivity index (χ2n) is 4.37. The van der Waals surface area contributed by atoms with Gasteiger partial charge in [-0.3, -0.25) is 0 Å². The van der Waals surface area contributed by atoms with Crippen LogP contribution in [0.5, 0.6) is 5.75 Å². The number of aliphatic hydroxyl groups is 2. The number of rotatable bonds is 3. The van der Waals surface area contributed by atoms with Crippen LogP contribution in [0, 0.1) is 0 Å². The van der Waals surface area contributed by atoms with Crippen LogP contribution in [-0.4, -0.2) is 55.3 Å². The fraction of sp³-hybridized carbons (Fsp3) is 0.455. The highest BCUT2D eigenvalue weighted by Crippen LogP contribution is 2.30. The van der Waals surface area contributed by atoms with Crippen LogP contribution in [0.25, 0.3) is 0 Å². The zero-order valence-electron chi connectivity index (χ0n) is 10.4. The Morgan fingerprint density at radius 1 is 1.32 bits per heavy atom. The van der Waals surface area contributed by atoms with Crippen molar-refractivity contribution in [3.63, 3.8) is 0 Å². The monoisotopic (exact) mass is 288 g/mol. The third kappa shape index (κ3) is 2.52. The van der Waals surface area contributed by atoms with Gasteiger partial charge in [-0.1, -0.05) is 0 Å². The van der Waals surface area contributed by atoms with E-state index in [1.54, 1.807) is 0 Å². The summed E-state index contributed by atoms with van der Waals surface area (Å²) in [6, 6.07) is 4.29. The minimum atomic E-state index is -3.86. The van der Waals surface area contributed by atoms with Crippen molar-refractivity contribution in [2.45, 2.75) is 17.1 Å². The summed E-state index contributed by atoms with van der Waals surface area (Å²) in [5, 5.41) is 18.9. The van der Waals surface area contributed by atoms with Gasteiger partial charge < -0.3 is 20.7 Å². The first-order valence-corrected chi connectivity index (χ1v) is 7.10. The molecule has 2 rings (SSSR count). The highest BCUT2D eigenvalue weighted by Gasteiger charge is 2.38. The van der Waals surface area contributed by atoms with Crippen LogP contribution in [0.2, 0.25) is 0 Å². The number of nitrogens with two attached hydrogens (primary N) is 1. The lowest BCUT2D eigenvalue weighted by Crippen LogP contribution is -2.30. The average molecular weight is 288 g/mol. The van der Waals surface area contributed by atoms with Crippen LogP contribution >= 0.6 is 0 Å². The lowest BCUT2D eigenvalue weighted by molar-refractivity contribution is 0.0572. The van der Waals surface area contributed by atoms with Gasteiger partial charge in [0, 0.05) is 18.8 Å². The molecule has 1 aliphatic rings. The van der Waals surface area contributed by atoms with Crippen LogP contribution in [0.3, 0.4) is 0 Å². The summed E-state index contributed by atoms with van der Waals surface area (Å²) in [5.41, 5.74) is 5.89. The summed E-state index contributed by atoms with van der Waals surface area (Å²) in [7, 11) is -2.50. The molecule has 1 fully saturated rings. The van der Waals surface area contributed by atoms with E-state index in [-0.39, 0.29) is 23.7 Å². The van der Waals surface area contributed by atoms with E-state index in [9.17, 15) is 18.6 Å². The summed E-state index contributed by atoms with van der Waals surface area (Å²) in [5.74, 6) is 0.171. The maximum absolute atomic E-state index is 12.4. The van der Waals surface area contributed by atoms with E-state index < -0.39 is 22.2 Å². The molecule has 1 heterocycles. The quantitative estimate of drug-likeness (QED) is 0.615. The first-order chi connectivity index (χ1) is 8.86. The van der Waals surface area contributed by atoms with E-state index in [2.05, 4.69) is 0 Å². The summed E-state index contributed by atoms with van der Waals surface area (Å²) in [6.07, 6.45) is -2.16. The molecule has 0 amide bonds. The molecule has 0 aromatic heterocycles. The molecule has 0 radical (unpaired) electrons. The Labute approximate surface area is 111 Å². The third-order valence-corrected chi connectivity index (χ3v) is 4.88. The van der Waals surface area contributed by atoms with Crippen molar-refractivity contribution < 1.29 is 23.4 Å². The summed E-state index contributed by atoms with van der Waals surface area (Å²) >= 11 is 0. The molecule has 1 saturated heterocycles. The molecule has 0 bridgehead atoms. The largest absolute Gasteiger partial charge is 0.495 e. The highest BCUT2D eigenvalue weighted by molar-refractivity contribution is 7.89. The molecule has 1 aliphatic heterocycles. The number of benzene rings is 1. The van der Waals surface area contributed by atoms with Crippen molar-refractivity contribution in [3.8, 4) is 5.75 Å². The first-order valence-electron chi connectivity index (χ1n) is 5.66. The molecule has 1 aromatic carbocycles. The molecule has 7 nitrogen and oxygen atoms in total. The Kier molecular flexibility index (Phi) is 3.68. The highest BCUT2D eigenvalue weighted by atomic mass is 32.2. The molecule has 8 heteroatoms. The number of nitrogens with zero attached hydrogens (tertiary/aromatic N) is 1. The number of anilines is 1. The van der Waals surface area contributed by atoms with Gasteiger partial charge in [0.1, 0.15) is 10.6 Å². The molecule has 106 valence electrons. The minimum Gasteiger partial charge on any atom is -0.495 e. The Hall–Kier alpha value is -1.35. The molecule has 0 aliphatic carbocycles. The van der Waals surface area contributed by atoms with Crippen LogP contribution in [0.15, 0.2) is 23.1 Å². The summed E-state index contributed by atoms with van der Waals surface area (Å²) < 4.78 is 30.9. The van der Waals surface area contributed by atoms with E-state index in [1.165, 1.54) is 25.3 Å². The number of nitrogen functional groups attached to an aromatic ring is 1. The number of aliphatic hydroxyl groups excluding tert-OH is 2.